The second kappa shape index (κ2) is 6.32. The molecular formula is C16H17F2N. The average molecular weight is 261 g/mol. The van der Waals surface area contributed by atoms with E-state index in [0.29, 0.717) is 5.69 Å². The van der Waals surface area contributed by atoms with Crippen molar-refractivity contribution in [3.63, 3.8) is 0 Å². The molecule has 0 saturated heterocycles. The molecule has 0 bridgehead atoms. The zero-order chi connectivity index (χ0) is 13.7. The molecule has 2 aromatic rings. The third kappa shape index (κ3) is 4.05. The van der Waals surface area contributed by atoms with E-state index in [-0.39, 0.29) is 0 Å². The highest BCUT2D eigenvalue weighted by Crippen LogP contribution is 2.19. The first-order chi connectivity index (χ1) is 9.17. The Balaban J connectivity index is 2.06. The highest BCUT2D eigenvalue weighted by molar-refractivity contribution is 5.59. The van der Waals surface area contributed by atoms with Crippen molar-refractivity contribution in [2.45, 2.75) is 26.2 Å². The summed E-state index contributed by atoms with van der Waals surface area (Å²) in [4.78, 5) is 0. The largest absolute Gasteiger partial charge is 0.355 e. The molecule has 19 heavy (non-hydrogen) atoms. The molecule has 0 spiro atoms. The fourth-order valence-electron chi connectivity index (χ4n) is 1.93. The summed E-state index contributed by atoms with van der Waals surface area (Å²) in [5, 5.41) is 2.99. The highest BCUT2D eigenvalue weighted by Gasteiger charge is 2.01. The van der Waals surface area contributed by atoms with Crippen molar-refractivity contribution in [3.05, 3.63) is 59.7 Å². The summed E-state index contributed by atoms with van der Waals surface area (Å²) in [6.07, 6.45) is 3.40. The quantitative estimate of drug-likeness (QED) is 0.794. The molecule has 2 rings (SSSR count). The lowest BCUT2D eigenvalue weighted by molar-refractivity contribution is 0.584. The summed E-state index contributed by atoms with van der Waals surface area (Å²) in [5.41, 5.74) is 2.52. The smallest absolute Gasteiger partial charge is 0.128 e. The van der Waals surface area contributed by atoms with E-state index in [1.54, 1.807) is 0 Å². The lowest BCUT2D eigenvalue weighted by atomic mass is 10.1. The monoisotopic (exact) mass is 261 g/mol. The second-order valence-corrected chi connectivity index (χ2v) is 4.58. The molecule has 0 atom stereocenters. The Labute approximate surface area is 112 Å². The number of rotatable bonds is 5. The predicted octanol–water partition coefficient (Wildman–Crippen LogP) is 5.05. The number of benzene rings is 2. The van der Waals surface area contributed by atoms with Crippen molar-refractivity contribution in [1.29, 1.82) is 0 Å². The Morgan fingerprint density at radius 3 is 2.11 bits per heavy atom. The van der Waals surface area contributed by atoms with Gasteiger partial charge in [-0.25, -0.2) is 8.78 Å². The molecule has 1 N–H and O–H groups in total. The first-order valence-electron chi connectivity index (χ1n) is 6.49. The SMILES string of the molecule is CCCCc1ccc(Nc2cc(F)cc(F)c2)cc1. The Morgan fingerprint density at radius 2 is 1.53 bits per heavy atom. The van der Waals surface area contributed by atoms with Gasteiger partial charge in [0, 0.05) is 17.4 Å². The third-order valence-corrected chi connectivity index (χ3v) is 2.92. The lowest BCUT2D eigenvalue weighted by Gasteiger charge is -2.08. The Morgan fingerprint density at radius 1 is 0.895 bits per heavy atom. The number of aryl methyl sites for hydroxylation is 1. The van der Waals surface area contributed by atoms with Crippen LogP contribution < -0.4 is 5.32 Å². The molecule has 0 radical (unpaired) electrons. The van der Waals surface area contributed by atoms with Crippen LogP contribution in [0, 0.1) is 11.6 Å². The maximum Gasteiger partial charge on any atom is 0.128 e. The van der Waals surface area contributed by atoms with Gasteiger partial charge in [-0.1, -0.05) is 25.5 Å². The molecule has 0 aliphatic heterocycles. The minimum atomic E-state index is -0.581. The van der Waals surface area contributed by atoms with Crippen molar-refractivity contribution < 1.29 is 8.78 Å². The van der Waals surface area contributed by atoms with Gasteiger partial charge in [0.05, 0.1) is 0 Å². The van der Waals surface area contributed by atoms with Gasteiger partial charge in [-0.15, -0.1) is 0 Å². The zero-order valence-electron chi connectivity index (χ0n) is 10.9. The van der Waals surface area contributed by atoms with Gasteiger partial charge in [-0.2, -0.15) is 0 Å². The van der Waals surface area contributed by atoms with Crippen LogP contribution in [0.3, 0.4) is 0 Å². The van der Waals surface area contributed by atoms with E-state index in [4.69, 9.17) is 0 Å². The van der Waals surface area contributed by atoms with Crippen LogP contribution in [0.5, 0.6) is 0 Å². The van der Waals surface area contributed by atoms with Gasteiger partial charge < -0.3 is 5.32 Å². The highest BCUT2D eigenvalue weighted by atomic mass is 19.1. The van der Waals surface area contributed by atoms with Crippen molar-refractivity contribution in [3.8, 4) is 0 Å². The minimum absolute atomic E-state index is 0.416. The summed E-state index contributed by atoms with van der Waals surface area (Å²) in [5.74, 6) is -1.16. The van der Waals surface area contributed by atoms with Crippen LogP contribution >= 0.6 is 0 Å². The van der Waals surface area contributed by atoms with Crippen LogP contribution in [0.2, 0.25) is 0 Å². The normalized spacial score (nSPS) is 10.5. The molecule has 0 fully saturated rings. The molecule has 2 aromatic carbocycles. The summed E-state index contributed by atoms with van der Waals surface area (Å²) in [6, 6.07) is 11.3. The molecule has 0 aliphatic carbocycles. The molecule has 1 nitrogen and oxygen atoms in total. The van der Waals surface area contributed by atoms with Gasteiger partial charge in [0.1, 0.15) is 11.6 Å². The topological polar surface area (TPSA) is 12.0 Å². The maximum atomic E-state index is 13.1. The van der Waals surface area contributed by atoms with Gasteiger partial charge in [-0.05, 0) is 42.7 Å². The first-order valence-corrected chi connectivity index (χ1v) is 6.49. The summed E-state index contributed by atoms with van der Waals surface area (Å²) in [6.45, 7) is 2.16. The molecule has 3 heteroatoms. The fraction of sp³-hybridized carbons (Fsp3) is 0.250. The van der Waals surface area contributed by atoms with Crippen molar-refractivity contribution in [1.82, 2.24) is 0 Å². The van der Waals surface area contributed by atoms with Crippen LogP contribution in [0.1, 0.15) is 25.3 Å². The Bertz CT molecular complexity index is 515. The first kappa shape index (κ1) is 13.5. The summed E-state index contributed by atoms with van der Waals surface area (Å²) in [7, 11) is 0. The van der Waals surface area contributed by atoms with E-state index < -0.39 is 11.6 Å². The average Bonchev–Trinajstić information content (AvgIpc) is 2.37. The molecule has 100 valence electrons. The van der Waals surface area contributed by atoms with Gasteiger partial charge in [-0.3, -0.25) is 0 Å². The number of nitrogens with one attached hydrogen (secondary N) is 1. The van der Waals surface area contributed by atoms with Crippen LogP contribution in [-0.4, -0.2) is 0 Å². The van der Waals surface area contributed by atoms with Crippen LogP contribution in [0.4, 0.5) is 20.2 Å². The molecule has 0 saturated carbocycles. The van der Waals surface area contributed by atoms with E-state index >= 15 is 0 Å². The second-order valence-electron chi connectivity index (χ2n) is 4.58. The van der Waals surface area contributed by atoms with Crippen LogP contribution in [0.15, 0.2) is 42.5 Å². The van der Waals surface area contributed by atoms with Crippen molar-refractivity contribution in [2.75, 3.05) is 5.32 Å². The van der Waals surface area contributed by atoms with Gasteiger partial charge in [0.15, 0.2) is 0 Å². The van der Waals surface area contributed by atoms with Crippen molar-refractivity contribution >= 4 is 11.4 Å². The Kier molecular flexibility index (Phi) is 4.50. The predicted molar refractivity (Wildman–Crippen MR) is 74.7 cm³/mol. The summed E-state index contributed by atoms with van der Waals surface area (Å²) >= 11 is 0. The number of anilines is 2. The van der Waals surface area contributed by atoms with Crippen LogP contribution in [-0.2, 0) is 6.42 Å². The molecular weight excluding hydrogens is 244 g/mol. The van der Waals surface area contributed by atoms with E-state index in [2.05, 4.69) is 12.2 Å². The molecule has 0 unspecified atom stereocenters. The maximum absolute atomic E-state index is 13.1. The van der Waals surface area contributed by atoms with Crippen molar-refractivity contribution in [2.24, 2.45) is 0 Å². The zero-order valence-corrected chi connectivity index (χ0v) is 10.9. The standard InChI is InChI=1S/C16H17F2N/c1-2-3-4-12-5-7-15(8-6-12)19-16-10-13(17)9-14(18)11-16/h5-11,19H,2-4H2,1H3. The number of unbranched alkanes of at least 4 members (excludes halogenated alkanes) is 1. The number of halogens is 2. The van der Waals surface area contributed by atoms with E-state index in [1.165, 1.54) is 30.5 Å². The van der Waals surface area contributed by atoms with Gasteiger partial charge >= 0.3 is 0 Å². The molecule has 0 aromatic heterocycles. The van der Waals surface area contributed by atoms with Crippen LogP contribution in [0.25, 0.3) is 0 Å². The summed E-state index contributed by atoms with van der Waals surface area (Å²) < 4.78 is 26.1. The fourth-order valence-corrected chi connectivity index (χ4v) is 1.93. The molecule has 0 aliphatic rings. The minimum Gasteiger partial charge on any atom is -0.355 e. The molecule has 0 heterocycles. The van der Waals surface area contributed by atoms with Gasteiger partial charge in [0.25, 0.3) is 0 Å². The van der Waals surface area contributed by atoms with Gasteiger partial charge in [0.2, 0.25) is 0 Å². The molecule has 0 amide bonds. The Hall–Kier alpha value is -1.90. The lowest BCUT2D eigenvalue weighted by Crippen LogP contribution is -1.93. The number of hydrogen-bond acceptors (Lipinski definition) is 1. The van der Waals surface area contributed by atoms with E-state index in [0.717, 1.165) is 18.2 Å². The number of hydrogen-bond donors (Lipinski definition) is 1. The van der Waals surface area contributed by atoms with E-state index in [1.807, 2.05) is 24.3 Å². The third-order valence-electron chi connectivity index (χ3n) is 2.92. The van der Waals surface area contributed by atoms with E-state index in [9.17, 15) is 8.78 Å².